The van der Waals surface area contributed by atoms with Crippen molar-refractivity contribution in [3.05, 3.63) is 24.3 Å². The lowest BCUT2D eigenvalue weighted by atomic mass is 10.1. The van der Waals surface area contributed by atoms with Gasteiger partial charge in [0.05, 0.1) is 0 Å². The summed E-state index contributed by atoms with van der Waals surface area (Å²) in [5, 5.41) is 3.70. The van der Waals surface area contributed by atoms with E-state index in [0.717, 1.165) is 0 Å². The van der Waals surface area contributed by atoms with E-state index in [2.05, 4.69) is 53.2 Å². The third-order valence-corrected chi connectivity index (χ3v) is 4.91. The van der Waals surface area contributed by atoms with Crippen LogP contribution < -0.4 is 10.2 Å². The van der Waals surface area contributed by atoms with Crippen LogP contribution in [0.2, 0.25) is 0 Å². The molecule has 0 aliphatic carbocycles. The maximum atomic E-state index is 3.70. The van der Waals surface area contributed by atoms with Crippen molar-refractivity contribution < 1.29 is 0 Å². The van der Waals surface area contributed by atoms with E-state index in [-0.39, 0.29) is 0 Å². The van der Waals surface area contributed by atoms with Gasteiger partial charge in [-0.2, -0.15) is 0 Å². The van der Waals surface area contributed by atoms with E-state index in [4.69, 9.17) is 0 Å². The van der Waals surface area contributed by atoms with Gasteiger partial charge in [0.25, 0.3) is 0 Å². The zero-order chi connectivity index (χ0) is 14.7. The van der Waals surface area contributed by atoms with Crippen molar-refractivity contribution in [1.82, 2.24) is 4.90 Å². The zero-order valence-corrected chi connectivity index (χ0v) is 13.5. The quantitative estimate of drug-likeness (QED) is 0.913. The minimum absolute atomic E-state index is 0.605. The third-order valence-electron chi connectivity index (χ3n) is 4.91. The van der Waals surface area contributed by atoms with Gasteiger partial charge >= 0.3 is 0 Å². The van der Waals surface area contributed by atoms with Gasteiger partial charge in [-0.1, -0.05) is 0 Å². The lowest BCUT2D eigenvalue weighted by Crippen LogP contribution is -2.31. The van der Waals surface area contributed by atoms with Crippen molar-refractivity contribution in [1.29, 1.82) is 0 Å². The van der Waals surface area contributed by atoms with Gasteiger partial charge in [0.1, 0.15) is 0 Å². The van der Waals surface area contributed by atoms with Crippen LogP contribution in [0.4, 0.5) is 11.4 Å². The summed E-state index contributed by atoms with van der Waals surface area (Å²) in [6.07, 6.45) is 5.33. The number of hydrogen-bond donors (Lipinski definition) is 1. The monoisotopic (exact) mass is 287 g/mol. The minimum Gasteiger partial charge on any atom is -0.381 e. The molecule has 3 rings (SSSR count). The van der Waals surface area contributed by atoms with Crippen LogP contribution in [-0.4, -0.2) is 43.2 Å². The van der Waals surface area contributed by atoms with Gasteiger partial charge in [-0.25, -0.2) is 0 Å². The van der Waals surface area contributed by atoms with Crippen LogP contribution in [-0.2, 0) is 0 Å². The van der Waals surface area contributed by atoms with E-state index in [0.29, 0.717) is 12.1 Å². The van der Waals surface area contributed by atoms with Crippen LogP contribution in [0.3, 0.4) is 0 Å². The first-order valence-corrected chi connectivity index (χ1v) is 8.58. The normalized spacial score (nSPS) is 23.8. The molecule has 2 heterocycles. The molecule has 116 valence electrons. The first-order valence-electron chi connectivity index (χ1n) is 8.58. The number of nitrogens with zero attached hydrogens (tertiary/aromatic N) is 2. The Labute approximate surface area is 129 Å². The topological polar surface area (TPSA) is 18.5 Å². The number of nitrogens with one attached hydrogen (secondary N) is 1. The molecule has 1 N–H and O–H groups in total. The molecule has 1 aromatic carbocycles. The Balaban J connectivity index is 1.55. The molecule has 2 saturated heterocycles. The Kier molecular flexibility index (Phi) is 4.69. The van der Waals surface area contributed by atoms with E-state index in [1.807, 2.05) is 0 Å². The summed E-state index contributed by atoms with van der Waals surface area (Å²) < 4.78 is 0. The van der Waals surface area contributed by atoms with Crippen molar-refractivity contribution in [3.8, 4) is 0 Å². The van der Waals surface area contributed by atoms with E-state index >= 15 is 0 Å². The molecule has 0 aromatic heterocycles. The predicted molar refractivity (Wildman–Crippen MR) is 91.2 cm³/mol. The summed E-state index contributed by atoms with van der Waals surface area (Å²) in [7, 11) is 0. The maximum absolute atomic E-state index is 3.70. The number of hydrogen-bond acceptors (Lipinski definition) is 3. The molecule has 3 nitrogen and oxygen atoms in total. The second-order valence-electron chi connectivity index (χ2n) is 6.81. The molecule has 1 aromatic rings. The maximum Gasteiger partial charge on any atom is 0.0400 e. The largest absolute Gasteiger partial charge is 0.381 e. The van der Waals surface area contributed by atoms with Crippen LogP contribution in [0.5, 0.6) is 0 Å². The molecule has 0 saturated carbocycles. The lowest BCUT2D eigenvalue weighted by molar-refractivity contribution is 0.274. The third kappa shape index (κ3) is 3.70. The molecule has 0 bridgehead atoms. The van der Waals surface area contributed by atoms with Gasteiger partial charge in [-0.3, -0.25) is 4.90 Å². The molecule has 3 heteroatoms. The Bertz CT molecular complexity index is 434. The summed E-state index contributed by atoms with van der Waals surface area (Å²) in [5.41, 5.74) is 2.65. The molecule has 2 aliphatic heterocycles. The Morgan fingerprint density at radius 3 is 2.33 bits per heavy atom. The smallest absolute Gasteiger partial charge is 0.0400 e. The van der Waals surface area contributed by atoms with E-state index in [1.165, 1.54) is 63.2 Å². The average Bonchev–Trinajstić information content (AvgIpc) is 2.98. The van der Waals surface area contributed by atoms with Gasteiger partial charge in [-0.15, -0.1) is 0 Å². The fourth-order valence-electron chi connectivity index (χ4n) is 3.53. The van der Waals surface area contributed by atoms with E-state index < -0.39 is 0 Å². The molecule has 0 spiro atoms. The average molecular weight is 287 g/mol. The second kappa shape index (κ2) is 6.69. The highest BCUT2D eigenvalue weighted by Gasteiger charge is 2.23. The van der Waals surface area contributed by atoms with Crippen molar-refractivity contribution in [2.75, 3.05) is 36.4 Å². The highest BCUT2D eigenvalue weighted by atomic mass is 15.2. The Morgan fingerprint density at radius 1 is 1.00 bits per heavy atom. The van der Waals surface area contributed by atoms with Crippen LogP contribution in [0.25, 0.3) is 0 Å². The Hall–Kier alpha value is -1.22. The fraction of sp³-hybridized carbons (Fsp3) is 0.667. The fourth-order valence-corrected chi connectivity index (χ4v) is 3.53. The molecule has 0 amide bonds. The van der Waals surface area contributed by atoms with Gasteiger partial charge in [0, 0.05) is 49.6 Å². The summed E-state index contributed by atoms with van der Waals surface area (Å²) >= 11 is 0. The summed E-state index contributed by atoms with van der Waals surface area (Å²) in [4.78, 5) is 5.07. The molecule has 1 atom stereocenters. The molecule has 2 aliphatic rings. The van der Waals surface area contributed by atoms with Crippen LogP contribution >= 0.6 is 0 Å². The number of piperidine rings is 1. The number of anilines is 2. The molecule has 21 heavy (non-hydrogen) atoms. The molecular weight excluding hydrogens is 258 g/mol. The highest BCUT2D eigenvalue weighted by Crippen LogP contribution is 2.23. The van der Waals surface area contributed by atoms with Crippen LogP contribution in [0.15, 0.2) is 24.3 Å². The SMILES string of the molecule is CC(C)N1CCC(Nc2ccc(N3CCCCC3)cc2)C1. The molecular formula is C18H29N3. The predicted octanol–water partition coefficient (Wildman–Crippen LogP) is 3.57. The Morgan fingerprint density at radius 2 is 1.71 bits per heavy atom. The van der Waals surface area contributed by atoms with Gasteiger partial charge < -0.3 is 10.2 Å². The zero-order valence-electron chi connectivity index (χ0n) is 13.5. The first kappa shape index (κ1) is 14.7. The summed E-state index contributed by atoms with van der Waals surface area (Å²) in [6, 6.07) is 10.3. The van der Waals surface area contributed by atoms with Crippen molar-refractivity contribution in [3.63, 3.8) is 0 Å². The van der Waals surface area contributed by atoms with Gasteiger partial charge in [0.15, 0.2) is 0 Å². The first-order chi connectivity index (χ1) is 10.2. The van der Waals surface area contributed by atoms with Crippen LogP contribution in [0, 0.1) is 0 Å². The van der Waals surface area contributed by atoms with Crippen LogP contribution in [0.1, 0.15) is 39.5 Å². The minimum atomic E-state index is 0.605. The lowest BCUT2D eigenvalue weighted by Gasteiger charge is -2.29. The number of likely N-dealkylation sites (tertiary alicyclic amines) is 1. The second-order valence-corrected chi connectivity index (χ2v) is 6.81. The summed E-state index contributed by atoms with van der Waals surface area (Å²) in [6.45, 7) is 9.41. The van der Waals surface area contributed by atoms with E-state index in [1.54, 1.807) is 0 Å². The summed E-state index contributed by atoms with van der Waals surface area (Å²) in [5.74, 6) is 0. The molecule has 0 radical (unpaired) electrons. The van der Waals surface area contributed by atoms with E-state index in [9.17, 15) is 0 Å². The van der Waals surface area contributed by atoms with Crippen molar-refractivity contribution in [2.24, 2.45) is 0 Å². The standard InChI is InChI=1S/C18H29N3/c1-15(2)21-13-10-17(14-21)19-16-6-8-18(9-7-16)20-11-4-3-5-12-20/h6-9,15,17,19H,3-5,10-14H2,1-2H3. The van der Waals surface area contributed by atoms with Gasteiger partial charge in [0.2, 0.25) is 0 Å². The molecule has 2 fully saturated rings. The van der Waals surface area contributed by atoms with Crippen molar-refractivity contribution in [2.45, 2.75) is 51.6 Å². The van der Waals surface area contributed by atoms with Gasteiger partial charge in [-0.05, 0) is 63.8 Å². The van der Waals surface area contributed by atoms with Crippen molar-refractivity contribution >= 4 is 11.4 Å². The number of benzene rings is 1. The highest BCUT2D eigenvalue weighted by molar-refractivity contribution is 5.55. The number of rotatable bonds is 4. The molecule has 1 unspecified atom stereocenters.